The molecule has 1 saturated carbocycles. The summed E-state index contributed by atoms with van der Waals surface area (Å²) in [6, 6.07) is 5.96. The van der Waals surface area contributed by atoms with Crippen LogP contribution < -0.4 is 15.4 Å². The molecular formula is C25H37N3O6. The van der Waals surface area contributed by atoms with Crippen LogP contribution >= 0.6 is 0 Å². The zero-order valence-corrected chi connectivity index (χ0v) is 19.8. The van der Waals surface area contributed by atoms with Crippen molar-refractivity contribution < 1.29 is 28.9 Å². The molecule has 1 amide bonds. The highest BCUT2D eigenvalue weighted by atomic mass is 16.5. The number of piperidine rings is 1. The van der Waals surface area contributed by atoms with Crippen molar-refractivity contribution in [3.8, 4) is 5.88 Å². The number of carbonyl (C=O) groups excluding carboxylic acids is 1. The highest BCUT2D eigenvalue weighted by Gasteiger charge is 2.45. The van der Waals surface area contributed by atoms with E-state index in [0.717, 1.165) is 50.8 Å². The Morgan fingerprint density at radius 1 is 1.24 bits per heavy atom. The van der Waals surface area contributed by atoms with E-state index in [-0.39, 0.29) is 36.6 Å². The van der Waals surface area contributed by atoms with Crippen LogP contribution in [0.4, 0.5) is 0 Å². The first-order valence-electron chi connectivity index (χ1n) is 12.6. The van der Waals surface area contributed by atoms with Gasteiger partial charge < -0.3 is 30.0 Å². The summed E-state index contributed by atoms with van der Waals surface area (Å²) in [5.41, 5.74) is 0.694. The van der Waals surface area contributed by atoms with Crippen LogP contribution in [-0.4, -0.2) is 72.6 Å². The van der Waals surface area contributed by atoms with Crippen LogP contribution in [0.3, 0.4) is 0 Å². The summed E-state index contributed by atoms with van der Waals surface area (Å²) in [5, 5.41) is 15.4. The maximum atomic E-state index is 12.0. The number of carboxylic acid groups (broad SMARTS) is 1. The third-order valence-electron chi connectivity index (χ3n) is 7.21. The first-order chi connectivity index (χ1) is 16.5. The first-order valence-corrected chi connectivity index (χ1v) is 12.6. The molecule has 9 nitrogen and oxygen atoms in total. The van der Waals surface area contributed by atoms with Crippen molar-refractivity contribution in [2.75, 3.05) is 33.0 Å². The molecule has 2 atom stereocenters. The van der Waals surface area contributed by atoms with Gasteiger partial charge in [0.05, 0.1) is 37.5 Å². The second-order valence-electron chi connectivity index (χ2n) is 9.71. The summed E-state index contributed by atoms with van der Waals surface area (Å²) in [7, 11) is 0. The minimum Gasteiger partial charge on any atom is -0.481 e. The highest BCUT2D eigenvalue weighted by Crippen LogP contribution is 2.34. The molecule has 3 fully saturated rings. The molecule has 1 aromatic heterocycles. The Morgan fingerprint density at radius 3 is 2.88 bits per heavy atom. The average molecular weight is 476 g/mol. The van der Waals surface area contributed by atoms with E-state index in [4.69, 9.17) is 24.3 Å². The van der Waals surface area contributed by atoms with Crippen molar-refractivity contribution >= 4 is 11.9 Å². The topological polar surface area (TPSA) is 119 Å². The number of nitrogens with one attached hydrogen (secondary N) is 2. The number of nitrogens with zero attached hydrogens (tertiary/aromatic N) is 1. The zero-order valence-electron chi connectivity index (χ0n) is 19.8. The zero-order chi connectivity index (χ0) is 23.8. The molecule has 188 valence electrons. The Bertz CT molecular complexity index is 825. The van der Waals surface area contributed by atoms with Crippen LogP contribution in [0.5, 0.6) is 5.88 Å². The fourth-order valence-corrected chi connectivity index (χ4v) is 5.32. The fourth-order valence-electron chi connectivity index (χ4n) is 5.32. The van der Waals surface area contributed by atoms with E-state index in [2.05, 4.69) is 16.7 Å². The molecule has 3 heterocycles. The molecule has 1 aliphatic carbocycles. The van der Waals surface area contributed by atoms with Crippen molar-refractivity contribution in [2.24, 2.45) is 0 Å². The van der Waals surface area contributed by atoms with E-state index in [0.29, 0.717) is 44.5 Å². The van der Waals surface area contributed by atoms with Crippen LogP contribution in [0.1, 0.15) is 69.4 Å². The molecule has 4 rings (SSSR count). The average Bonchev–Trinajstić information content (AvgIpc) is 2.84. The lowest BCUT2D eigenvalue weighted by Crippen LogP contribution is -2.70. The van der Waals surface area contributed by atoms with Gasteiger partial charge in [-0.05, 0) is 64.0 Å². The predicted octanol–water partition coefficient (Wildman–Crippen LogP) is 2.40. The molecule has 0 bridgehead atoms. The number of pyridine rings is 1. The van der Waals surface area contributed by atoms with Gasteiger partial charge in [-0.15, -0.1) is 0 Å². The SMILES string of the molecule is O=C(O)CCCCOc1cccc(C2CCC(OCC3NCCCC34COCC(=O)N4)CC2)n1. The molecule has 1 aromatic rings. The number of carboxylic acids is 1. The summed E-state index contributed by atoms with van der Waals surface area (Å²) < 4.78 is 17.6. The summed E-state index contributed by atoms with van der Waals surface area (Å²) in [4.78, 5) is 27.2. The van der Waals surface area contributed by atoms with Gasteiger partial charge in [0.15, 0.2) is 0 Å². The Kier molecular flexibility index (Phi) is 8.74. The second kappa shape index (κ2) is 12.0. The third-order valence-corrected chi connectivity index (χ3v) is 7.21. The number of amides is 1. The number of ether oxygens (including phenoxy) is 3. The maximum absolute atomic E-state index is 12.0. The second-order valence-corrected chi connectivity index (χ2v) is 9.71. The van der Waals surface area contributed by atoms with Gasteiger partial charge in [0.1, 0.15) is 6.61 Å². The molecule has 3 N–H and O–H groups in total. The van der Waals surface area contributed by atoms with Gasteiger partial charge >= 0.3 is 5.97 Å². The van der Waals surface area contributed by atoms with E-state index >= 15 is 0 Å². The summed E-state index contributed by atoms with van der Waals surface area (Å²) in [5.74, 6) is 0.181. The predicted molar refractivity (Wildman–Crippen MR) is 125 cm³/mol. The van der Waals surface area contributed by atoms with Crippen LogP contribution in [-0.2, 0) is 19.1 Å². The first kappa shape index (κ1) is 24.9. The fraction of sp³-hybridized carbons (Fsp3) is 0.720. The normalized spacial score (nSPS) is 29.5. The molecule has 34 heavy (non-hydrogen) atoms. The third kappa shape index (κ3) is 6.67. The van der Waals surface area contributed by atoms with Gasteiger partial charge in [0, 0.05) is 24.1 Å². The molecule has 3 aliphatic rings. The number of unbranched alkanes of at least 4 members (excludes halogenated alkanes) is 1. The summed E-state index contributed by atoms with van der Waals surface area (Å²) >= 11 is 0. The number of morpholine rings is 1. The molecule has 2 aliphatic heterocycles. The standard InChI is InChI=1S/C25H37N3O6/c29-22-16-32-17-25(28-22)12-4-13-26-21(25)15-34-19-10-8-18(9-11-19)20-5-3-6-23(27-20)33-14-2-1-7-24(30)31/h3,5-6,18-19,21,26H,1-2,4,7-17H2,(H,28,29)(H,30,31). The summed E-state index contributed by atoms with van der Waals surface area (Å²) in [6.07, 6.45) is 7.62. The lowest BCUT2D eigenvalue weighted by molar-refractivity contribution is -0.139. The van der Waals surface area contributed by atoms with Crippen LogP contribution in [0.15, 0.2) is 18.2 Å². The number of hydrogen-bond donors (Lipinski definition) is 3. The van der Waals surface area contributed by atoms with E-state index in [1.807, 2.05) is 12.1 Å². The highest BCUT2D eigenvalue weighted by molar-refractivity contribution is 5.79. The van der Waals surface area contributed by atoms with Gasteiger partial charge in [0.2, 0.25) is 11.8 Å². The Labute approximate surface area is 200 Å². The van der Waals surface area contributed by atoms with E-state index < -0.39 is 5.97 Å². The minimum absolute atomic E-state index is 0.0422. The van der Waals surface area contributed by atoms with Crippen LogP contribution in [0.2, 0.25) is 0 Å². The number of aromatic nitrogens is 1. The van der Waals surface area contributed by atoms with Gasteiger partial charge in [-0.1, -0.05) is 6.07 Å². The molecule has 0 radical (unpaired) electrons. The van der Waals surface area contributed by atoms with Crippen molar-refractivity contribution in [3.05, 3.63) is 23.9 Å². The molecular weight excluding hydrogens is 438 g/mol. The molecule has 0 aromatic carbocycles. The maximum Gasteiger partial charge on any atom is 0.303 e. The van der Waals surface area contributed by atoms with E-state index in [1.165, 1.54) is 0 Å². The quantitative estimate of drug-likeness (QED) is 0.442. The number of carbonyl (C=O) groups is 2. The monoisotopic (exact) mass is 475 g/mol. The van der Waals surface area contributed by atoms with Crippen molar-refractivity contribution in [3.63, 3.8) is 0 Å². The molecule has 1 spiro atoms. The van der Waals surface area contributed by atoms with E-state index in [9.17, 15) is 9.59 Å². The Hall–Kier alpha value is -2.23. The van der Waals surface area contributed by atoms with Gasteiger partial charge in [-0.2, -0.15) is 0 Å². The van der Waals surface area contributed by atoms with E-state index in [1.54, 1.807) is 0 Å². The molecule has 9 heteroatoms. The Morgan fingerprint density at radius 2 is 2.09 bits per heavy atom. The van der Waals surface area contributed by atoms with Crippen LogP contribution in [0.25, 0.3) is 0 Å². The lowest BCUT2D eigenvalue weighted by atomic mass is 9.82. The molecule has 2 saturated heterocycles. The van der Waals surface area contributed by atoms with Gasteiger partial charge in [0.25, 0.3) is 0 Å². The largest absolute Gasteiger partial charge is 0.481 e. The van der Waals surface area contributed by atoms with Crippen LogP contribution in [0, 0.1) is 0 Å². The summed E-state index contributed by atoms with van der Waals surface area (Å²) in [6.45, 7) is 2.66. The van der Waals surface area contributed by atoms with Crippen molar-refractivity contribution in [1.82, 2.24) is 15.6 Å². The molecule has 2 unspecified atom stereocenters. The number of rotatable bonds is 10. The van der Waals surface area contributed by atoms with Crippen molar-refractivity contribution in [1.29, 1.82) is 0 Å². The lowest BCUT2D eigenvalue weighted by Gasteiger charge is -2.47. The minimum atomic E-state index is -0.774. The van der Waals surface area contributed by atoms with Crippen molar-refractivity contribution in [2.45, 2.75) is 81.4 Å². The Balaban J connectivity index is 1.21. The van der Waals surface area contributed by atoms with Gasteiger partial charge in [-0.3, -0.25) is 9.59 Å². The number of aliphatic carboxylic acids is 1. The number of hydrogen-bond acceptors (Lipinski definition) is 7. The van der Waals surface area contributed by atoms with Gasteiger partial charge in [-0.25, -0.2) is 4.98 Å². The smallest absolute Gasteiger partial charge is 0.303 e.